The second kappa shape index (κ2) is 19.2. The minimum absolute atomic E-state index is 0. The molecule has 0 aromatic rings. The van der Waals surface area contributed by atoms with Crippen LogP contribution >= 0.6 is 31.3 Å². The molecule has 0 unspecified atom stereocenters. The summed E-state index contributed by atoms with van der Waals surface area (Å²) in [6.45, 7) is 0. The molecule has 0 atom stereocenters. The Bertz CT molecular complexity index is 292. The Balaban J connectivity index is -0.0000000284. The maximum atomic E-state index is 8.55. The quantitative estimate of drug-likeness (QED) is 0.167. The Kier molecular flexibility index (Phi) is 37.3. The maximum Gasteiger partial charge on any atom is 4.00 e. The van der Waals surface area contributed by atoms with Gasteiger partial charge < -0.3 is 77.0 Å². The molecule has 0 bridgehead atoms. The molecule has 146 valence electrons. The zero-order valence-corrected chi connectivity index (χ0v) is 17.5. The molecule has 0 aliphatic carbocycles. The van der Waals surface area contributed by atoms with Crippen molar-refractivity contribution in [3.05, 3.63) is 0 Å². The average Bonchev–Trinajstić information content (AvgIpc) is 1.62. The molecular weight excluding hydrogens is 699 g/mol. The fraction of sp³-hybridized carbons (Fsp3) is 0. The van der Waals surface area contributed by atoms with Crippen molar-refractivity contribution in [3.8, 4) is 0 Å². The largest absolute Gasteiger partial charge is 4.00 e. The van der Waals surface area contributed by atoms with E-state index >= 15 is 0 Å². The Labute approximate surface area is 168 Å². The molecule has 0 aliphatic heterocycles. The normalized spacial score (nSPS) is 10.3. The van der Waals surface area contributed by atoms with Gasteiger partial charge >= 0.3 is 61.3 Å². The molecule has 0 amide bonds. The van der Waals surface area contributed by atoms with Crippen LogP contribution in [0.3, 0.4) is 0 Å². The zero-order chi connectivity index (χ0) is 18.0. The van der Waals surface area contributed by atoms with E-state index in [1.807, 2.05) is 0 Å². The van der Waals surface area contributed by atoms with Crippen LogP contribution in [0.25, 0.3) is 0 Å². The molecule has 0 aromatic carbocycles. The van der Waals surface area contributed by atoms with Gasteiger partial charge in [0.25, 0.3) is 0 Å². The number of rotatable bonds is 0. The number of hydrogen-bond acceptors (Lipinski definition) is 16. The predicted octanol–water partition coefficient (Wildman–Crippen LogP) is -11.3. The van der Waals surface area contributed by atoms with Gasteiger partial charge in [-0.15, -0.1) is 0 Å². The van der Waals surface area contributed by atoms with Crippen molar-refractivity contribution in [2.75, 3.05) is 0 Å². The first-order chi connectivity index (χ1) is 8.00. The summed E-state index contributed by atoms with van der Waals surface area (Å²) in [4.78, 5) is 103. The first kappa shape index (κ1) is 44.7. The van der Waals surface area contributed by atoms with Gasteiger partial charge in [0.05, 0.1) is 0 Å². The molecule has 0 N–H and O–H groups in total. The van der Waals surface area contributed by atoms with Crippen molar-refractivity contribution in [1.29, 1.82) is 0 Å². The summed E-state index contributed by atoms with van der Waals surface area (Å²) in [5.41, 5.74) is 0. The Hall–Kier alpha value is 2.43. The van der Waals surface area contributed by atoms with Gasteiger partial charge in [0, 0.05) is 0 Å². The third kappa shape index (κ3) is 2090. The maximum absolute atomic E-state index is 8.55. The summed E-state index contributed by atoms with van der Waals surface area (Å²) in [5, 5.41) is 0. The molecule has 0 heterocycles. The summed E-state index contributed by atoms with van der Waals surface area (Å²) in [5.74, 6) is 0. The van der Waals surface area contributed by atoms with E-state index in [0.29, 0.717) is 0 Å². The van der Waals surface area contributed by atoms with Crippen LogP contribution in [0.15, 0.2) is 0 Å². The second-order valence-electron chi connectivity index (χ2n) is 1.79. The van der Waals surface area contributed by atoms with Crippen molar-refractivity contribution in [1.82, 2.24) is 0 Å². The van der Waals surface area contributed by atoms with E-state index < -0.39 is 31.3 Å². The van der Waals surface area contributed by atoms with Gasteiger partial charge in [0.2, 0.25) is 0 Å². The predicted molar refractivity (Wildman–Crippen MR) is 30.4 cm³/mol. The number of phosphoric acid groups is 4. The molecule has 0 spiro atoms. The van der Waals surface area contributed by atoms with E-state index in [9.17, 15) is 0 Å². The minimum Gasteiger partial charge on any atom is -0.822 e. The summed E-state index contributed by atoms with van der Waals surface area (Å²) in [6, 6.07) is 0. The molecule has 23 heavy (non-hydrogen) atoms. The molecular formula is O16P4Pd3. The second-order valence-corrected chi connectivity index (χ2v) is 5.37. The van der Waals surface area contributed by atoms with Crippen molar-refractivity contribution in [2.45, 2.75) is 0 Å². The van der Waals surface area contributed by atoms with Crippen LogP contribution in [0.5, 0.6) is 0 Å². The Morgan fingerprint density at radius 2 is 0.304 bits per heavy atom. The summed E-state index contributed by atoms with van der Waals surface area (Å²) in [7, 11) is -21.6. The summed E-state index contributed by atoms with van der Waals surface area (Å²) < 4.78 is 34.2. The summed E-state index contributed by atoms with van der Waals surface area (Å²) in [6.07, 6.45) is 0. The topological polar surface area (TPSA) is 345 Å². The van der Waals surface area contributed by atoms with Crippen molar-refractivity contribution < 1.29 is 138 Å². The van der Waals surface area contributed by atoms with Gasteiger partial charge in [0.15, 0.2) is 0 Å². The fourth-order valence-corrected chi connectivity index (χ4v) is 0. The zero-order valence-electron chi connectivity index (χ0n) is 9.27. The molecule has 0 radical (unpaired) electrons. The first-order valence-corrected chi connectivity index (χ1v) is 8.76. The molecule has 0 aliphatic rings. The monoisotopic (exact) mass is 698 g/mol. The third-order valence-electron chi connectivity index (χ3n) is 0. The van der Waals surface area contributed by atoms with E-state index in [1.165, 1.54) is 0 Å². The molecule has 0 saturated heterocycles. The number of hydrogen-bond donors (Lipinski definition) is 0. The molecule has 0 fully saturated rings. The van der Waals surface area contributed by atoms with Gasteiger partial charge in [0.1, 0.15) is 0 Å². The minimum atomic E-state index is -5.39. The summed E-state index contributed by atoms with van der Waals surface area (Å²) >= 11 is 0. The van der Waals surface area contributed by atoms with Gasteiger partial charge in [-0.2, -0.15) is 31.3 Å². The first-order valence-electron chi connectivity index (χ1n) is 2.92. The van der Waals surface area contributed by atoms with E-state index in [1.54, 1.807) is 0 Å². The van der Waals surface area contributed by atoms with Gasteiger partial charge in [-0.3, -0.25) is 0 Å². The SMILES string of the molecule is O=P([O-])([O-])[O-].O=P([O-])([O-])[O-].O=P([O-])([O-])[O-].O=P([O-])([O-])[O-].[Pd+4].[Pd+4].[Pd+4]. The van der Waals surface area contributed by atoms with E-state index in [2.05, 4.69) is 0 Å². The molecule has 0 saturated carbocycles. The van der Waals surface area contributed by atoms with E-state index in [4.69, 9.17) is 77.0 Å². The fourth-order valence-electron chi connectivity index (χ4n) is 0. The van der Waals surface area contributed by atoms with Crippen LogP contribution in [0.1, 0.15) is 0 Å². The van der Waals surface area contributed by atoms with Crippen molar-refractivity contribution in [3.63, 3.8) is 0 Å². The van der Waals surface area contributed by atoms with Gasteiger partial charge in [-0.05, 0) is 0 Å². The van der Waals surface area contributed by atoms with Crippen LogP contribution in [0.4, 0.5) is 0 Å². The van der Waals surface area contributed by atoms with Crippen LogP contribution in [0.2, 0.25) is 0 Å². The molecule has 16 nitrogen and oxygen atoms in total. The van der Waals surface area contributed by atoms with Crippen molar-refractivity contribution in [2.24, 2.45) is 0 Å². The van der Waals surface area contributed by atoms with E-state index in [0.717, 1.165) is 0 Å². The average molecular weight is 699 g/mol. The molecule has 0 aromatic heterocycles. The van der Waals surface area contributed by atoms with E-state index in [-0.39, 0.29) is 61.3 Å². The molecule has 23 heteroatoms. The van der Waals surface area contributed by atoms with Crippen LogP contribution < -0.4 is 58.7 Å². The van der Waals surface area contributed by atoms with Crippen LogP contribution in [-0.4, -0.2) is 0 Å². The standard InChI is InChI=1S/4H3O4P.3Pd/c4*1-5(2,3)4;;;/h4*(H3,1,2,3,4);;;/q;;;;3*+4/p-12. The smallest absolute Gasteiger partial charge is 0.822 e. The van der Waals surface area contributed by atoms with Crippen LogP contribution in [-0.2, 0) is 79.5 Å². The van der Waals surface area contributed by atoms with Crippen LogP contribution in [0, 0.1) is 0 Å². The Morgan fingerprint density at radius 1 is 0.304 bits per heavy atom. The molecule has 0 rings (SSSR count). The Morgan fingerprint density at radius 3 is 0.304 bits per heavy atom. The van der Waals surface area contributed by atoms with Gasteiger partial charge in [-0.25, -0.2) is 0 Å². The third-order valence-corrected chi connectivity index (χ3v) is 0. The van der Waals surface area contributed by atoms with Gasteiger partial charge in [-0.1, -0.05) is 0 Å². The van der Waals surface area contributed by atoms with Crippen molar-refractivity contribution >= 4 is 31.3 Å².